The van der Waals surface area contributed by atoms with Crippen molar-refractivity contribution in [2.75, 3.05) is 19.1 Å². The van der Waals surface area contributed by atoms with E-state index in [1.165, 1.54) is 18.4 Å². The van der Waals surface area contributed by atoms with Crippen LogP contribution in [-0.4, -0.2) is 36.9 Å². The van der Waals surface area contributed by atoms with Gasteiger partial charge in [-0.25, -0.2) is 9.78 Å². The number of hydrogen-bond donors (Lipinski definition) is 1. The summed E-state index contributed by atoms with van der Waals surface area (Å²) >= 11 is 1.33. The van der Waals surface area contributed by atoms with Gasteiger partial charge in [0.2, 0.25) is 5.13 Å². The molecule has 0 fully saturated rings. The molecule has 31 heavy (non-hydrogen) atoms. The molecule has 0 aliphatic carbocycles. The van der Waals surface area contributed by atoms with Crippen LogP contribution in [0.2, 0.25) is 0 Å². The second kappa shape index (κ2) is 10.9. The average Bonchev–Trinajstić information content (AvgIpc) is 3.22. The Labute approximate surface area is 183 Å². The molecule has 0 bridgehead atoms. The fourth-order valence-corrected chi connectivity index (χ4v) is 3.20. The Morgan fingerprint density at radius 3 is 2.71 bits per heavy atom. The van der Waals surface area contributed by atoms with Gasteiger partial charge in [0.05, 0.1) is 37.6 Å². The molecule has 160 valence electrons. The van der Waals surface area contributed by atoms with Crippen LogP contribution in [0.5, 0.6) is 11.5 Å². The van der Waals surface area contributed by atoms with Crippen LogP contribution in [0, 0.1) is 0 Å². The van der Waals surface area contributed by atoms with Gasteiger partial charge in [0.15, 0.2) is 11.5 Å². The number of hydrogen-bond acceptors (Lipinski definition) is 9. The van der Waals surface area contributed by atoms with Crippen LogP contribution in [0.15, 0.2) is 59.0 Å². The molecule has 1 heterocycles. The lowest BCUT2D eigenvalue weighted by molar-refractivity contribution is -0.142. The number of methoxy groups -OCH3 is 1. The Balaban J connectivity index is 1.61. The Morgan fingerprint density at radius 1 is 1.16 bits per heavy atom. The molecule has 0 atom stereocenters. The number of nitrogens with zero attached hydrogens (tertiary/aromatic N) is 2. The third-order valence-electron chi connectivity index (χ3n) is 3.96. The van der Waals surface area contributed by atoms with Crippen molar-refractivity contribution < 1.29 is 23.8 Å². The third kappa shape index (κ3) is 6.38. The first-order valence-corrected chi connectivity index (χ1v) is 10.3. The number of thiazole rings is 1. The summed E-state index contributed by atoms with van der Waals surface area (Å²) in [6, 6.07) is 13.8. The summed E-state index contributed by atoms with van der Waals surface area (Å²) in [4.78, 5) is 28.0. The minimum atomic E-state index is -0.468. The van der Waals surface area contributed by atoms with Crippen molar-refractivity contribution in [3.05, 3.63) is 70.7 Å². The van der Waals surface area contributed by atoms with E-state index in [0.717, 1.165) is 5.56 Å². The Bertz CT molecular complexity index is 1070. The van der Waals surface area contributed by atoms with Crippen molar-refractivity contribution in [3.63, 3.8) is 0 Å². The minimum absolute atomic E-state index is 0.121. The number of carbonyl (C=O) groups is 2. The lowest BCUT2D eigenvalue weighted by Crippen LogP contribution is -2.09. The fraction of sp³-hybridized carbons (Fsp3) is 0.182. The van der Waals surface area contributed by atoms with E-state index in [2.05, 4.69) is 15.5 Å². The summed E-state index contributed by atoms with van der Waals surface area (Å²) in [5.41, 5.74) is 4.62. The largest absolute Gasteiger partial charge is 0.493 e. The van der Waals surface area contributed by atoms with E-state index in [0.29, 0.717) is 34.5 Å². The highest BCUT2D eigenvalue weighted by Gasteiger charge is 2.12. The Morgan fingerprint density at radius 2 is 1.97 bits per heavy atom. The van der Waals surface area contributed by atoms with Gasteiger partial charge < -0.3 is 14.2 Å². The number of hydrazone groups is 1. The highest BCUT2D eigenvalue weighted by molar-refractivity contribution is 7.13. The van der Waals surface area contributed by atoms with Gasteiger partial charge in [0.25, 0.3) is 0 Å². The van der Waals surface area contributed by atoms with Crippen molar-refractivity contribution in [1.29, 1.82) is 0 Å². The van der Waals surface area contributed by atoms with E-state index in [-0.39, 0.29) is 12.4 Å². The van der Waals surface area contributed by atoms with Crippen molar-refractivity contribution >= 4 is 34.6 Å². The summed E-state index contributed by atoms with van der Waals surface area (Å²) in [6.07, 6.45) is 1.70. The summed E-state index contributed by atoms with van der Waals surface area (Å²) in [5.74, 6) is -0.0726. The molecule has 1 N–H and O–H groups in total. The number of rotatable bonds is 9. The van der Waals surface area contributed by atoms with Crippen LogP contribution in [0.3, 0.4) is 0 Å². The van der Waals surface area contributed by atoms with Gasteiger partial charge in [-0.3, -0.25) is 10.2 Å². The molecule has 0 unspecified atom stereocenters. The zero-order valence-electron chi connectivity index (χ0n) is 17.0. The topological polar surface area (TPSA) is 99.1 Å². The molecule has 0 amide bonds. The van der Waals surface area contributed by atoms with E-state index in [1.807, 2.05) is 6.07 Å². The minimum Gasteiger partial charge on any atom is -0.493 e. The standard InChI is InChI=1S/C22H21N3O5S/c1-3-29-20(26)12-17-14-31-22(24-17)25-23-13-15-9-10-18(19(11-15)28-2)30-21(27)16-7-5-4-6-8-16/h4-11,13-14H,3,12H2,1-2H3,(H,24,25). The van der Waals surface area contributed by atoms with E-state index >= 15 is 0 Å². The number of esters is 2. The van der Waals surface area contributed by atoms with Gasteiger partial charge in [0, 0.05) is 5.38 Å². The van der Waals surface area contributed by atoms with Gasteiger partial charge in [-0.1, -0.05) is 18.2 Å². The summed E-state index contributed by atoms with van der Waals surface area (Å²) in [6.45, 7) is 2.10. The van der Waals surface area contributed by atoms with E-state index < -0.39 is 5.97 Å². The molecule has 0 radical (unpaired) electrons. The molecular formula is C22H21N3O5S. The van der Waals surface area contributed by atoms with Gasteiger partial charge in [0.1, 0.15) is 0 Å². The van der Waals surface area contributed by atoms with E-state index in [4.69, 9.17) is 14.2 Å². The first-order chi connectivity index (χ1) is 15.1. The molecule has 3 aromatic rings. The number of benzene rings is 2. The maximum Gasteiger partial charge on any atom is 0.343 e. The zero-order valence-corrected chi connectivity index (χ0v) is 17.8. The second-order valence-corrected chi connectivity index (χ2v) is 7.02. The number of nitrogens with one attached hydrogen (secondary N) is 1. The summed E-state index contributed by atoms with van der Waals surface area (Å²) in [7, 11) is 1.50. The van der Waals surface area contributed by atoms with Crippen LogP contribution < -0.4 is 14.9 Å². The Kier molecular flexibility index (Phi) is 7.72. The highest BCUT2D eigenvalue weighted by Crippen LogP contribution is 2.28. The SMILES string of the molecule is CCOC(=O)Cc1csc(NN=Cc2ccc(OC(=O)c3ccccc3)c(OC)c2)n1. The van der Waals surface area contributed by atoms with E-state index in [1.54, 1.807) is 61.0 Å². The first-order valence-electron chi connectivity index (χ1n) is 9.43. The van der Waals surface area contributed by atoms with Crippen molar-refractivity contribution in [2.45, 2.75) is 13.3 Å². The molecule has 0 spiro atoms. The maximum absolute atomic E-state index is 12.3. The molecule has 1 aromatic heterocycles. The van der Waals surface area contributed by atoms with Crippen molar-refractivity contribution in [3.8, 4) is 11.5 Å². The predicted molar refractivity (Wildman–Crippen MR) is 118 cm³/mol. The second-order valence-electron chi connectivity index (χ2n) is 6.16. The number of ether oxygens (including phenoxy) is 3. The molecule has 2 aromatic carbocycles. The van der Waals surface area contributed by atoms with Crippen molar-refractivity contribution in [1.82, 2.24) is 4.98 Å². The monoisotopic (exact) mass is 439 g/mol. The molecule has 3 rings (SSSR count). The zero-order chi connectivity index (χ0) is 22.1. The molecule has 8 nitrogen and oxygen atoms in total. The van der Waals surface area contributed by atoms with Gasteiger partial charge in [-0.15, -0.1) is 11.3 Å². The maximum atomic E-state index is 12.3. The lowest BCUT2D eigenvalue weighted by Gasteiger charge is -2.09. The molecule has 0 aliphatic heterocycles. The van der Waals surface area contributed by atoms with Crippen LogP contribution in [0.25, 0.3) is 0 Å². The van der Waals surface area contributed by atoms with Crippen LogP contribution in [0.1, 0.15) is 28.5 Å². The normalized spacial score (nSPS) is 10.6. The van der Waals surface area contributed by atoms with Crippen LogP contribution in [-0.2, 0) is 16.0 Å². The molecular weight excluding hydrogens is 418 g/mol. The van der Waals surface area contributed by atoms with Crippen LogP contribution in [0.4, 0.5) is 5.13 Å². The quantitative estimate of drug-likeness (QED) is 0.233. The number of carbonyl (C=O) groups excluding carboxylic acids is 2. The highest BCUT2D eigenvalue weighted by atomic mass is 32.1. The Hall–Kier alpha value is -3.72. The van der Waals surface area contributed by atoms with E-state index in [9.17, 15) is 9.59 Å². The summed E-state index contributed by atoms with van der Waals surface area (Å²) in [5, 5.41) is 6.47. The fourth-order valence-electron chi connectivity index (χ4n) is 2.54. The van der Waals surface area contributed by atoms with Gasteiger partial charge in [-0.05, 0) is 42.8 Å². The summed E-state index contributed by atoms with van der Waals surface area (Å²) < 4.78 is 15.7. The number of aromatic nitrogens is 1. The molecule has 0 saturated carbocycles. The molecule has 0 saturated heterocycles. The smallest absolute Gasteiger partial charge is 0.343 e. The predicted octanol–water partition coefficient (Wildman–Crippen LogP) is 3.92. The number of anilines is 1. The molecule has 0 aliphatic rings. The van der Waals surface area contributed by atoms with Gasteiger partial charge in [-0.2, -0.15) is 5.10 Å². The van der Waals surface area contributed by atoms with Gasteiger partial charge >= 0.3 is 11.9 Å². The average molecular weight is 439 g/mol. The van der Waals surface area contributed by atoms with Crippen LogP contribution >= 0.6 is 11.3 Å². The lowest BCUT2D eigenvalue weighted by atomic mass is 10.2. The molecule has 9 heteroatoms. The third-order valence-corrected chi connectivity index (χ3v) is 4.75. The van der Waals surface area contributed by atoms with Crippen molar-refractivity contribution in [2.24, 2.45) is 5.10 Å². The first kappa shape index (κ1) is 22.0.